The van der Waals surface area contributed by atoms with Crippen molar-refractivity contribution < 1.29 is 19.2 Å². The molecule has 3 aliphatic heterocycles. The molecule has 212 valence electrons. The lowest BCUT2D eigenvalue weighted by Gasteiger charge is -2.32. The average Bonchev–Trinajstić information content (AvgIpc) is 3.55. The SMILES string of the molecule is COc1ccc([N+](=O)[O-])cc1N1C(=O)[C@H]2C(CC(C)C)NC3(c4ccccc4-n4c3nc3ccccc3c4=O)[C@H]2C1=O. The maximum atomic E-state index is 14.6. The van der Waals surface area contributed by atoms with Gasteiger partial charge in [0.05, 0.1) is 40.5 Å². The fraction of sp³-hybridized carbons (Fsp3) is 0.290. The van der Waals surface area contributed by atoms with Crippen LogP contribution in [0.5, 0.6) is 5.75 Å². The zero-order valence-electron chi connectivity index (χ0n) is 23.1. The summed E-state index contributed by atoms with van der Waals surface area (Å²) in [5, 5.41) is 15.8. The van der Waals surface area contributed by atoms with Crippen LogP contribution in [0.4, 0.5) is 11.4 Å². The molecule has 2 unspecified atom stereocenters. The number of hydrogen-bond acceptors (Lipinski definition) is 8. The van der Waals surface area contributed by atoms with E-state index < -0.39 is 40.2 Å². The quantitative estimate of drug-likeness (QED) is 0.220. The zero-order chi connectivity index (χ0) is 29.5. The van der Waals surface area contributed by atoms with E-state index in [9.17, 15) is 24.5 Å². The number of fused-ring (bicyclic) bond motifs is 8. The second-order valence-electron chi connectivity index (χ2n) is 11.4. The van der Waals surface area contributed by atoms with E-state index in [0.717, 1.165) is 4.90 Å². The van der Waals surface area contributed by atoms with Crippen LogP contribution in [-0.4, -0.2) is 39.4 Å². The molecule has 4 atom stereocenters. The van der Waals surface area contributed by atoms with Crippen molar-refractivity contribution in [3.63, 3.8) is 0 Å². The molecule has 4 aromatic rings. The molecule has 1 aromatic heterocycles. The molecule has 0 radical (unpaired) electrons. The molecular weight excluding hydrogens is 538 g/mol. The maximum absolute atomic E-state index is 14.6. The van der Waals surface area contributed by atoms with Crippen molar-refractivity contribution in [3.05, 3.63) is 98.6 Å². The molecule has 3 aliphatic rings. The summed E-state index contributed by atoms with van der Waals surface area (Å²) in [7, 11) is 1.38. The van der Waals surface area contributed by atoms with Gasteiger partial charge in [-0.3, -0.25) is 34.4 Å². The number of carbonyl (C=O) groups excluding carboxylic acids is 2. The molecule has 1 spiro atoms. The minimum absolute atomic E-state index is 0.0182. The van der Waals surface area contributed by atoms with Gasteiger partial charge in [0.2, 0.25) is 11.8 Å². The van der Waals surface area contributed by atoms with Crippen molar-refractivity contribution in [1.29, 1.82) is 0 Å². The van der Waals surface area contributed by atoms with Crippen molar-refractivity contribution in [2.45, 2.75) is 31.8 Å². The number of nitrogens with zero attached hydrogens (tertiary/aromatic N) is 4. The Hall–Kier alpha value is -4.90. The molecule has 0 aliphatic carbocycles. The summed E-state index contributed by atoms with van der Waals surface area (Å²) >= 11 is 0. The Bertz CT molecular complexity index is 1900. The normalized spacial score (nSPS) is 24.0. The van der Waals surface area contributed by atoms with Crippen LogP contribution >= 0.6 is 0 Å². The number of para-hydroxylation sites is 2. The summed E-state index contributed by atoms with van der Waals surface area (Å²) in [6.45, 7) is 4.08. The summed E-state index contributed by atoms with van der Waals surface area (Å²) < 4.78 is 7.00. The maximum Gasteiger partial charge on any atom is 0.271 e. The minimum atomic E-state index is -1.29. The standard InChI is InChI=1S/C31H27N5O6/c1-16(2)14-21-25-26(29(39)34(28(25)38)23-15-17(36(40)41)12-13-24(23)42-3)31(33-21)19-9-5-7-11-22(19)35-27(37)18-8-4-6-10-20(18)32-30(31)35/h4-13,15-16,21,25-26,33H,14H2,1-3H3/t21?,25-,26+,31?/m0/s1. The number of hydrogen-bond donors (Lipinski definition) is 1. The third kappa shape index (κ3) is 3.31. The molecule has 4 heterocycles. The lowest BCUT2D eigenvalue weighted by Crippen LogP contribution is -2.50. The van der Waals surface area contributed by atoms with Gasteiger partial charge in [-0.1, -0.05) is 44.2 Å². The predicted molar refractivity (Wildman–Crippen MR) is 154 cm³/mol. The first-order valence-corrected chi connectivity index (χ1v) is 13.8. The average molecular weight is 566 g/mol. The number of non-ortho nitro benzene ring substituents is 1. The second-order valence-corrected chi connectivity index (χ2v) is 11.4. The molecule has 7 rings (SSSR count). The number of rotatable bonds is 5. The number of carbonyl (C=O) groups is 2. The summed E-state index contributed by atoms with van der Waals surface area (Å²) in [5.74, 6) is -2.11. The van der Waals surface area contributed by atoms with Crippen LogP contribution in [0.15, 0.2) is 71.5 Å². The number of ether oxygens (including phenoxy) is 1. The first-order chi connectivity index (χ1) is 20.2. The predicted octanol–water partition coefficient (Wildman–Crippen LogP) is 3.68. The number of anilines is 1. The van der Waals surface area contributed by atoms with Gasteiger partial charge in [-0.15, -0.1) is 0 Å². The number of aromatic nitrogens is 2. The van der Waals surface area contributed by atoms with E-state index in [1.165, 1.54) is 25.3 Å². The molecule has 11 heteroatoms. The number of nitrogens with one attached hydrogen (secondary N) is 1. The number of nitro benzene ring substituents is 1. The molecule has 11 nitrogen and oxygen atoms in total. The number of methoxy groups -OCH3 is 1. The minimum Gasteiger partial charge on any atom is -0.495 e. The molecule has 2 fully saturated rings. The topological polar surface area (TPSA) is 137 Å². The van der Waals surface area contributed by atoms with Crippen molar-refractivity contribution >= 4 is 34.1 Å². The van der Waals surface area contributed by atoms with Crippen LogP contribution in [0.3, 0.4) is 0 Å². The van der Waals surface area contributed by atoms with Gasteiger partial charge in [-0.25, -0.2) is 9.88 Å². The molecular formula is C31H27N5O6. The first kappa shape index (κ1) is 26.0. The number of imide groups is 1. The van der Waals surface area contributed by atoms with Crippen LogP contribution in [0, 0.1) is 27.9 Å². The fourth-order valence-electron chi connectivity index (χ4n) is 7.13. The second kappa shape index (κ2) is 9.05. The van der Waals surface area contributed by atoms with Crippen molar-refractivity contribution in [2.75, 3.05) is 12.0 Å². The van der Waals surface area contributed by atoms with Gasteiger partial charge in [0.1, 0.15) is 22.8 Å². The van der Waals surface area contributed by atoms with Crippen LogP contribution in [0.2, 0.25) is 0 Å². The molecule has 42 heavy (non-hydrogen) atoms. The highest BCUT2D eigenvalue weighted by Gasteiger charge is 2.70. The highest BCUT2D eigenvalue weighted by atomic mass is 16.6. The lowest BCUT2D eigenvalue weighted by atomic mass is 9.75. The van der Waals surface area contributed by atoms with E-state index in [1.807, 2.05) is 38.1 Å². The van der Waals surface area contributed by atoms with Gasteiger partial charge in [0.15, 0.2) is 0 Å². The van der Waals surface area contributed by atoms with E-state index in [0.29, 0.717) is 34.4 Å². The highest BCUT2D eigenvalue weighted by Crippen LogP contribution is 2.57. The Kier molecular flexibility index (Phi) is 5.61. The molecule has 2 amide bonds. The smallest absolute Gasteiger partial charge is 0.271 e. The monoisotopic (exact) mass is 565 g/mol. The summed E-state index contributed by atoms with van der Waals surface area (Å²) in [5.41, 5.74) is -0.0467. The summed E-state index contributed by atoms with van der Waals surface area (Å²) in [6, 6.07) is 17.8. The van der Waals surface area contributed by atoms with Gasteiger partial charge in [-0.05, 0) is 36.6 Å². The van der Waals surface area contributed by atoms with E-state index in [4.69, 9.17) is 9.72 Å². The van der Waals surface area contributed by atoms with Gasteiger partial charge < -0.3 is 4.74 Å². The fourth-order valence-corrected chi connectivity index (χ4v) is 7.13. The van der Waals surface area contributed by atoms with E-state index in [2.05, 4.69) is 5.32 Å². The Balaban J connectivity index is 1.51. The Morgan fingerprint density at radius 2 is 1.76 bits per heavy atom. The number of amides is 2. The van der Waals surface area contributed by atoms with Gasteiger partial charge in [0, 0.05) is 23.7 Å². The summed E-state index contributed by atoms with van der Waals surface area (Å²) in [4.78, 5) is 60.0. The van der Waals surface area contributed by atoms with Crippen molar-refractivity contribution in [3.8, 4) is 11.4 Å². The number of nitro groups is 1. The van der Waals surface area contributed by atoms with Crippen LogP contribution in [0.1, 0.15) is 31.7 Å². The van der Waals surface area contributed by atoms with Crippen LogP contribution in [-0.2, 0) is 15.1 Å². The molecule has 0 saturated carbocycles. The van der Waals surface area contributed by atoms with Gasteiger partial charge in [-0.2, -0.15) is 0 Å². The molecule has 0 bridgehead atoms. The van der Waals surface area contributed by atoms with Crippen LogP contribution < -0.4 is 20.5 Å². The van der Waals surface area contributed by atoms with Crippen molar-refractivity contribution in [2.24, 2.45) is 17.8 Å². The zero-order valence-corrected chi connectivity index (χ0v) is 23.1. The Morgan fingerprint density at radius 1 is 1.02 bits per heavy atom. The molecule has 2 saturated heterocycles. The first-order valence-electron chi connectivity index (χ1n) is 13.8. The van der Waals surface area contributed by atoms with Gasteiger partial charge >= 0.3 is 0 Å². The summed E-state index contributed by atoms with van der Waals surface area (Å²) in [6.07, 6.45) is 0.571. The van der Waals surface area contributed by atoms with Gasteiger partial charge in [0.25, 0.3) is 11.2 Å². The van der Waals surface area contributed by atoms with E-state index in [-0.39, 0.29) is 28.6 Å². The largest absolute Gasteiger partial charge is 0.495 e. The lowest BCUT2D eigenvalue weighted by molar-refractivity contribution is -0.384. The third-order valence-corrected chi connectivity index (χ3v) is 8.70. The highest BCUT2D eigenvalue weighted by molar-refractivity contribution is 6.24. The van der Waals surface area contributed by atoms with E-state index in [1.54, 1.807) is 28.8 Å². The Morgan fingerprint density at radius 3 is 2.50 bits per heavy atom. The Labute approximate surface area is 239 Å². The third-order valence-electron chi connectivity index (χ3n) is 8.70. The molecule has 1 N–H and O–H groups in total. The van der Waals surface area contributed by atoms with E-state index >= 15 is 0 Å². The van der Waals surface area contributed by atoms with Crippen molar-refractivity contribution in [1.82, 2.24) is 14.9 Å². The molecule has 3 aromatic carbocycles. The number of benzene rings is 3. The van der Waals surface area contributed by atoms with Crippen LogP contribution in [0.25, 0.3) is 16.6 Å².